The second-order valence-corrected chi connectivity index (χ2v) is 5.88. The summed E-state index contributed by atoms with van der Waals surface area (Å²) in [6.45, 7) is 3.94. The number of thiophene rings is 1. The van der Waals surface area contributed by atoms with Crippen molar-refractivity contribution in [3.05, 3.63) is 56.0 Å². The predicted octanol–water partition coefficient (Wildman–Crippen LogP) is 4.58. The number of benzene rings is 1. The van der Waals surface area contributed by atoms with Crippen molar-refractivity contribution in [2.45, 2.75) is 20.3 Å². The smallest absolute Gasteiger partial charge is 0.177 e. The average Bonchev–Trinajstić information content (AvgIpc) is 2.63. The molecule has 0 unspecified atom stereocenters. The van der Waals surface area contributed by atoms with E-state index in [1.165, 1.54) is 17.4 Å². The molecule has 0 spiro atoms. The first-order valence-electron chi connectivity index (χ1n) is 5.51. The lowest BCUT2D eigenvalue weighted by Crippen LogP contribution is -2.03. The third-order valence-electron chi connectivity index (χ3n) is 2.81. The van der Waals surface area contributed by atoms with Crippen molar-refractivity contribution in [2.75, 3.05) is 0 Å². The van der Waals surface area contributed by atoms with Crippen LogP contribution in [0.25, 0.3) is 0 Å². The fraction of sp³-hybridized carbons (Fsp3) is 0.214. The highest BCUT2D eigenvalue weighted by molar-refractivity contribution is 7.14. The van der Waals surface area contributed by atoms with Crippen molar-refractivity contribution in [2.24, 2.45) is 0 Å². The fourth-order valence-corrected chi connectivity index (χ4v) is 2.77. The number of halogens is 2. The highest BCUT2D eigenvalue weighted by Crippen LogP contribution is 2.23. The molecule has 1 aromatic carbocycles. The van der Waals surface area contributed by atoms with E-state index in [-0.39, 0.29) is 12.2 Å². The Morgan fingerprint density at radius 3 is 2.61 bits per heavy atom. The maximum atomic E-state index is 13.6. The predicted molar refractivity (Wildman–Crippen MR) is 73.2 cm³/mol. The van der Waals surface area contributed by atoms with Gasteiger partial charge in [-0.2, -0.15) is 0 Å². The number of carbonyl (C=O) groups is 1. The molecule has 0 aliphatic rings. The summed E-state index contributed by atoms with van der Waals surface area (Å²) < 4.78 is 13.6. The van der Waals surface area contributed by atoms with E-state index in [4.69, 9.17) is 11.6 Å². The molecule has 4 heteroatoms. The van der Waals surface area contributed by atoms with Crippen molar-refractivity contribution < 1.29 is 9.18 Å². The normalized spacial score (nSPS) is 10.7. The molecule has 1 heterocycles. The van der Waals surface area contributed by atoms with E-state index in [9.17, 15) is 9.18 Å². The van der Waals surface area contributed by atoms with Gasteiger partial charge in [-0.3, -0.25) is 4.79 Å². The van der Waals surface area contributed by atoms with Crippen LogP contribution in [0.1, 0.15) is 25.7 Å². The van der Waals surface area contributed by atoms with Crippen molar-refractivity contribution in [3.8, 4) is 0 Å². The Morgan fingerprint density at radius 2 is 2.06 bits per heavy atom. The zero-order valence-corrected chi connectivity index (χ0v) is 11.7. The van der Waals surface area contributed by atoms with Gasteiger partial charge in [0, 0.05) is 16.3 Å². The van der Waals surface area contributed by atoms with Gasteiger partial charge in [0.2, 0.25) is 0 Å². The molecule has 94 valence electrons. The van der Waals surface area contributed by atoms with Crippen LogP contribution in [0, 0.1) is 19.7 Å². The fourth-order valence-electron chi connectivity index (χ4n) is 1.64. The Labute approximate surface area is 114 Å². The molecular weight excluding hydrogens is 271 g/mol. The van der Waals surface area contributed by atoms with Gasteiger partial charge in [-0.1, -0.05) is 17.7 Å². The van der Waals surface area contributed by atoms with E-state index in [1.54, 1.807) is 12.1 Å². The van der Waals surface area contributed by atoms with Crippen molar-refractivity contribution in [3.63, 3.8) is 0 Å². The van der Waals surface area contributed by atoms with Gasteiger partial charge < -0.3 is 0 Å². The molecular formula is C14H12ClFOS. The van der Waals surface area contributed by atoms with Crippen LogP contribution in [-0.2, 0) is 6.42 Å². The van der Waals surface area contributed by atoms with E-state index in [0.717, 1.165) is 10.4 Å². The van der Waals surface area contributed by atoms with Crippen LogP contribution in [0.4, 0.5) is 4.39 Å². The number of carbonyl (C=O) groups excluding carboxylic acids is 1. The van der Waals surface area contributed by atoms with Gasteiger partial charge in [0.1, 0.15) is 5.82 Å². The Hall–Kier alpha value is -1.19. The van der Waals surface area contributed by atoms with E-state index in [2.05, 4.69) is 0 Å². The minimum absolute atomic E-state index is 0.0579. The van der Waals surface area contributed by atoms with Crippen molar-refractivity contribution in [1.29, 1.82) is 0 Å². The lowest BCUT2D eigenvalue weighted by Gasteiger charge is -2.01. The summed E-state index contributed by atoms with van der Waals surface area (Å²) in [5, 5.41) is 0.339. The third-order valence-corrected chi connectivity index (χ3v) is 4.24. The van der Waals surface area contributed by atoms with Gasteiger partial charge in [-0.25, -0.2) is 4.39 Å². The SMILES string of the molecule is Cc1cc(C(=O)Cc2ccc(Cl)cc2F)sc1C. The summed E-state index contributed by atoms with van der Waals surface area (Å²) in [5.41, 5.74) is 1.48. The van der Waals surface area contributed by atoms with Crippen molar-refractivity contribution >= 4 is 28.7 Å². The molecule has 0 amide bonds. The number of rotatable bonds is 3. The molecule has 18 heavy (non-hydrogen) atoms. The van der Waals surface area contributed by atoms with Gasteiger partial charge in [0.05, 0.1) is 4.88 Å². The standard InChI is InChI=1S/C14H12ClFOS/c1-8-5-14(18-9(8)2)13(17)6-10-3-4-11(15)7-12(10)16/h3-5,7H,6H2,1-2H3. The van der Waals surface area contributed by atoms with E-state index in [1.807, 2.05) is 19.9 Å². The molecule has 0 N–H and O–H groups in total. The molecule has 1 nitrogen and oxygen atoms in total. The van der Waals surface area contributed by atoms with Gasteiger partial charge in [0.25, 0.3) is 0 Å². The molecule has 1 aromatic heterocycles. The van der Waals surface area contributed by atoms with Crippen LogP contribution < -0.4 is 0 Å². The summed E-state index contributed by atoms with van der Waals surface area (Å²) in [6, 6.07) is 6.24. The van der Waals surface area contributed by atoms with E-state index in [0.29, 0.717) is 15.5 Å². The maximum absolute atomic E-state index is 13.6. The number of ketones is 1. The lowest BCUT2D eigenvalue weighted by atomic mass is 10.1. The quantitative estimate of drug-likeness (QED) is 0.753. The van der Waals surface area contributed by atoms with E-state index >= 15 is 0 Å². The number of Topliss-reactive ketones (excluding diaryl/α,β-unsaturated/α-hetero) is 1. The first-order valence-corrected chi connectivity index (χ1v) is 6.71. The highest BCUT2D eigenvalue weighted by Gasteiger charge is 2.13. The zero-order valence-electron chi connectivity index (χ0n) is 10.1. The maximum Gasteiger partial charge on any atom is 0.177 e. The zero-order chi connectivity index (χ0) is 13.3. The molecule has 2 rings (SSSR count). The van der Waals surface area contributed by atoms with Crippen LogP contribution in [0.2, 0.25) is 5.02 Å². The van der Waals surface area contributed by atoms with Crippen LogP contribution in [0.3, 0.4) is 0 Å². The number of hydrogen-bond donors (Lipinski definition) is 0. The van der Waals surface area contributed by atoms with Crippen molar-refractivity contribution in [1.82, 2.24) is 0 Å². The Balaban J connectivity index is 2.21. The molecule has 0 radical (unpaired) electrons. The topological polar surface area (TPSA) is 17.1 Å². The Bertz CT molecular complexity index is 584. The second-order valence-electron chi connectivity index (χ2n) is 4.19. The van der Waals surface area contributed by atoms with Gasteiger partial charge >= 0.3 is 0 Å². The van der Waals surface area contributed by atoms with Crippen LogP contribution in [-0.4, -0.2) is 5.78 Å². The monoisotopic (exact) mass is 282 g/mol. The van der Waals surface area contributed by atoms with E-state index < -0.39 is 5.82 Å². The Kier molecular flexibility index (Phi) is 3.83. The van der Waals surface area contributed by atoms with Gasteiger partial charge in [0.15, 0.2) is 5.78 Å². The first-order chi connectivity index (χ1) is 8.47. The molecule has 0 saturated heterocycles. The molecule has 0 aliphatic heterocycles. The second kappa shape index (κ2) is 5.21. The summed E-state index contributed by atoms with van der Waals surface area (Å²) in [4.78, 5) is 13.8. The molecule has 0 saturated carbocycles. The van der Waals surface area contributed by atoms with Gasteiger partial charge in [-0.05, 0) is 43.2 Å². The summed E-state index contributed by atoms with van der Waals surface area (Å²) in [6.07, 6.45) is 0.0718. The van der Waals surface area contributed by atoms with Crippen LogP contribution >= 0.6 is 22.9 Å². The summed E-state index contributed by atoms with van der Waals surface area (Å²) >= 11 is 7.12. The van der Waals surface area contributed by atoms with Crippen LogP contribution in [0.15, 0.2) is 24.3 Å². The largest absolute Gasteiger partial charge is 0.293 e. The highest BCUT2D eigenvalue weighted by atomic mass is 35.5. The molecule has 0 bridgehead atoms. The lowest BCUT2D eigenvalue weighted by molar-refractivity contribution is 0.0995. The summed E-state index contributed by atoms with van der Waals surface area (Å²) in [7, 11) is 0. The molecule has 0 aliphatic carbocycles. The van der Waals surface area contributed by atoms with Crippen LogP contribution in [0.5, 0.6) is 0 Å². The third kappa shape index (κ3) is 2.79. The summed E-state index contributed by atoms with van der Waals surface area (Å²) in [5.74, 6) is -0.488. The molecule has 2 aromatic rings. The van der Waals surface area contributed by atoms with Gasteiger partial charge in [-0.15, -0.1) is 11.3 Å². The number of aryl methyl sites for hydroxylation is 2. The molecule has 0 atom stereocenters. The number of hydrogen-bond acceptors (Lipinski definition) is 2. The Morgan fingerprint density at radius 1 is 1.33 bits per heavy atom. The average molecular weight is 283 g/mol. The first kappa shape index (κ1) is 13.2. The molecule has 0 fully saturated rings. The minimum Gasteiger partial charge on any atom is -0.293 e. The minimum atomic E-state index is -0.430.